The van der Waals surface area contributed by atoms with Crippen molar-refractivity contribution >= 4 is 0 Å². The Morgan fingerprint density at radius 1 is 0.667 bits per heavy atom. The maximum absolute atomic E-state index is 3.45. The van der Waals surface area contributed by atoms with Crippen molar-refractivity contribution in [1.82, 2.24) is 15.1 Å². The number of nitrogens with zero attached hydrogens (tertiary/aromatic N) is 2. The molecule has 0 spiro atoms. The molecule has 176 valence electrons. The Balaban J connectivity index is 1.90. The van der Waals surface area contributed by atoms with Crippen LogP contribution in [0.15, 0.2) is 24.3 Å². The summed E-state index contributed by atoms with van der Waals surface area (Å²) < 4.78 is 0. The van der Waals surface area contributed by atoms with E-state index >= 15 is 0 Å². The van der Waals surface area contributed by atoms with Gasteiger partial charge in [-0.3, -0.25) is 4.90 Å². The van der Waals surface area contributed by atoms with Gasteiger partial charge in [0.25, 0.3) is 0 Å². The second kappa shape index (κ2) is 21.6. The van der Waals surface area contributed by atoms with Crippen LogP contribution in [0.3, 0.4) is 0 Å². The van der Waals surface area contributed by atoms with Crippen LogP contribution in [0.5, 0.6) is 0 Å². The molecule has 0 unspecified atom stereocenters. The summed E-state index contributed by atoms with van der Waals surface area (Å²) >= 11 is 0. The minimum absolute atomic E-state index is 1.12. The van der Waals surface area contributed by atoms with Gasteiger partial charge in [0.1, 0.15) is 0 Å². The number of piperazine rings is 1. The van der Waals surface area contributed by atoms with Gasteiger partial charge >= 0.3 is 0 Å². The van der Waals surface area contributed by atoms with Crippen LogP contribution in [0.25, 0.3) is 0 Å². The molecule has 0 aromatic heterocycles. The van der Waals surface area contributed by atoms with E-state index in [-0.39, 0.29) is 0 Å². The molecular formula is C27H53N3. The molecule has 1 aliphatic rings. The molecule has 0 bridgehead atoms. The Hall–Kier alpha value is -0.640. The van der Waals surface area contributed by atoms with E-state index in [2.05, 4.69) is 53.3 Å². The molecule has 0 aromatic rings. The van der Waals surface area contributed by atoms with Crippen molar-refractivity contribution in [2.24, 2.45) is 0 Å². The van der Waals surface area contributed by atoms with Crippen molar-refractivity contribution < 1.29 is 0 Å². The highest BCUT2D eigenvalue weighted by Gasteiger charge is 2.11. The molecule has 0 amide bonds. The summed E-state index contributed by atoms with van der Waals surface area (Å²) in [7, 11) is 0. The number of hydrogen-bond donors (Lipinski definition) is 1. The number of nitrogens with one attached hydrogen (secondary N) is 1. The molecule has 1 N–H and O–H groups in total. The molecule has 1 rings (SSSR count). The molecule has 0 saturated carbocycles. The first-order chi connectivity index (χ1) is 14.9. The number of hydrogen-bond acceptors (Lipinski definition) is 3. The van der Waals surface area contributed by atoms with E-state index in [4.69, 9.17) is 0 Å². The highest BCUT2D eigenvalue weighted by Crippen LogP contribution is 2.09. The van der Waals surface area contributed by atoms with E-state index in [1.165, 1.54) is 129 Å². The molecule has 3 nitrogen and oxygen atoms in total. The van der Waals surface area contributed by atoms with Gasteiger partial charge in [-0.05, 0) is 58.0 Å². The minimum Gasteiger partial charge on any atom is -0.314 e. The highest BCUT2D eigenvalue weighted by molar-refractivity contribution is 4.92. The third kappa shape index (κ3) is 17.1. The maximum atomic E-state index is 3.45. The summed E-state index contributed by atoms with van der Waals surface area (Å²) in [6, 6.07) is 0. The quantitative estimate of drug-likeness (QED) is 0.181. The first kappa shape index (κ1) is 27.4. The van der Waals surface area contributed by atoms with E-state index in [1.54, 1.807) is 0 Å². The number of rotatable bonds is 20. The first-order valence-corrected chi connectivity index (χ1v) is 13.3. The van der Waals surface area contributed by atoms with Gasteiger partial charge < -0.3 is 10.2 Å². The van der Waals surface area contributed by atoms with E-state index in [0.29, 0.717) is 0 Å². The zero-order valence-corrected chi connectivity index (χ0v) is 20.6. The van der Waals surface area contributed by atoms with Crippen LogP contribution < -0.4 is 5.32 Å². The maximum Gasteiger partial charge on any atom is 0.0110 e. The van der Waals surface area contributed by atoms with E-state index < -0.39 is 0 Å². The Kier molecular flexibility index (Phi) is 19.7. The van der Waals surface area contributed by atoms with Gasteiger partial charge in [0.05, 0.1) is 0 Å². The molecule has 0 atom stereocenters. The van der Waals surface area contributed by atoms with Crippen LogP contribution in [-0.2, 0) is 0 Å². The molecule has 0 aliphatic carbocycles. The summed E-state index contributed by atoms with van der Waals surface area (Å²) in [6.07, 6.45) is 26.8. The summed E-state index contributed by atoms with van der Waals surface area (Å²) in [5.41, 5.74) is 0. The standard InChI is InChI=1S/C27H53N3/c1-3-5-6-7-8-9-10-11-12-13-14-15-16-17-18-19-23-29(22-4-2)26-27-30-24-20-28-21-25-30/h8-9,11-12,28H,3-7,10,13-27H2,1-2H3/b9-8-,12-11-. The van der Waals surface area contributed by atoms with Crippen molar-refractivity contribution in [1.29, 1.82) is 0 Å². The van der Waals surface area contributed by atoms with Crippen molar-refractivity contribution in [2.45, 2.75) is 97.3 Å². The van der Waals surface area contributed by atoms with Gasteiger partial charge in [-0.2, -0.15) is 0 Å². The van der Waals surface area contributed by atoms with Gasteiger partial charge in [-0.1, -0.05) is 76.7 Å². The molecule has 1 fully saturated rings. The molecule has 0 radical (unpaired) electrons. The predicted molar refractivity (Wildman–Crippen MR) is 135 cm³/mol. The lowest BCUT2D eigenvalue weighted by molar-refractivity contribution is 0.186. The van der Waals surface area contributed by atoms with Gasteiger partial charge in [0, 0.05) is 39.3 Å². The SMILES string of the molecule is CCCCC/C=C\C/C=C\CCCCCCCCN(CCC)CCN1CCNCC1. The Morgan fingerprint density at radius 3 is 1.97 bits per heavy atom. The number of unbranched alkanes of at least 4 members (excludes halogenated alkanes) is 9. The summed E-state index contributed by atoms with van der Waals surface area (Å²) in [5, 5.41) is 3.45. The van der Waals surface area contributed by atoms with Crippen LogP contribution in [0, 0.1) is 0 Å². The molecule has 1 heterocycles. The second-order valence-corrected chi connectivity index (χ2v) is 9.02. The smallest absolute Gasteiger partial charge is 0.0110 e. The third-order valence-electron chi connectivity index (χ3n) is 6.16. The fourth-order valence-corrected chi connectivity index (χ4v) is 4.19. The minimum atomic E-state index is 1.12. The van der Waals surface area contributed by atoms with Crippen LogP contribution in [-0.4, -0.2) is 62.2 Å². The van der Waals surface area contributed by atoms with Crippen LogP contribution >= 0.6 is 0 Å². The average molecular weight is 420 g/mol. The van der Waals surface area contributed by atoms with Crippen LogP contribution in [0.4, 0.5) is 0 Å². The van der Waals surface area contributed by atoms with Crippen LogP contribution in [0.1, 0.15) is 97.3 Å². The largest absolute Gasteiger partial charge is 0.314 e. The lowest BCUT2D eigenvalue weighted by Gasteiger charge is -2.30. The van der Waals surface area contributed by atoms with Gasteiger partial charge in [-0.15, -0.1) is 0 Å². The summed E-state index contributed by atoms with van der Waals surface area (Å²) in [4.78, 5) is 5.32. The van der Waals surface area contributed by atoms with Gasteiger partial charge in [0.2, 0.25) is 0 Å². The first-order valence-electron chi connectivity index (χ1n) is 13.3. The molecule has 0 aromatic carbocycles. The van der Waals surface area contributed by atoms with E-state index in [0.717, 1.165) is 6.42 Å². The van der Waals surface area contributed by atoms with Crippen molar-refractivity contribution in [3.63, 3.8) is 0 Å². The highest BCUT2D eigenvalue weighted by atomic mass is 15.2. The van der Waals surface area contributed by atoms with Gasteiger partial charge in [0.15, 0.2) is 0 Å². The van der Waals surface area contributed by atoms with E-state index in [1.807, 2.05) is 0 Å². The topological polar surface area (TPSA) is 18.5 Å². The molecule has 3 heteroatoms. The third-order valence-corrected chi connectivity index (χ3v) is 6.16. The Bertz CT molecular complexity index is 399. The van der Waals surface area contributed by atoms with Crippen LogP contribution in [0.2, 0.25) is 0 Å². The fourth-order valence-electron chi connectivity index (χ4n) is 4.19. The zero-order valence-electron chi connectivity index (χ0n) is 20.6. The fraction of sp³-hybridized carbons (Fsp3) is 0.852. The molecule has 1 aliphatic heterocycles. The number of allylic oxidation sites excluding steroid dienone is 4. The lowest BCUT2D eigenvalue weighted by atomic mass is 10.1. The van der Waals surface area contributed by atoms with Crippen molar-refractivity contribution in [3.05, 3.63) is 24.3 Å². The predicted octanol–water partition coefficient (Wildman–Crippen LogP) is 6.42. The van der Waals surface area contributed by atoms with Crippen molar-refractivity contribution in [3.8, 4) is 0 Å². The summed E-state index contributed by atoms with van der Waals surface area (Å²) in [6.45, 7) is 14.5. The van der Waals surface area contributed by atoms with E-state index in [9.17, 15) is 0 Å². The summed E-state index contributed by atoms with van der Waals surface area (Å²) in [5.74, 6) is 0. The van der Waals surface area contributed by atoms with Gasteiger partial charge in [-0.25, -0.2) is 0 Å². The Morgan fingerprint density at radius 2 is 1.30 bits per heavy atom. The zero-order chi connectivity index (χ0) is 21.5. The Labute approximate surface area is 189 Å². The monoisotopic (exact) mass is 419 g/mol. The molecular weight excluding hydrogens is 366 g/mol. The molecule has 30 heavy (non-hydrogen) atoms. The average Bonchev–Trinajstić information content (AvgIpc) is 2.77. The van der Waals surface area contributed by atoms with Crippen molar-refractivity contribution in [2.75, 3.05) is 52.4 Å². The second-order valence-electron chi connectivity index (χ2n) is 9.02. The lowest BCUT2D eigenvalue weighted by Crippen LogP contribution is -2.46. The molecule has 1 saturated heterocycles. The normalized spacial score (nSPS) is 15.8.